The number of amides is 2. The SMILES string of the molecule is CN1[C@@H](CCC(=O)N2CCCC2)CNC(=O)[C@H]2NCC[C@H]21. The molecule has 3 heterocycles. The fourth-order valence-electron chi connectivity index (χ4n) is 3.86. The second-order valence-electron chi connectivity index (χ2n) is 6.48. The molecular weight excluding hydrogens is 268 g/mol. The Hall–Kier alpha value is -1.14. The zero-order valence-corrected chi connectivity index (χ0v) is 12.8. The van der Waals surface area contributed by atoms with E-state index in [-0.39, 0.29) is 29.9 Å². The first-order valence-electron chi connectivity index (χ1n) is 8.17. The molecule has 3 rings (SSSR count). The van der Waals surface area contributed by atoms with Gasteiger partial charge in [-0.05, 0) is 39.3 Å². The first-order chi connectivity index (χ1) is 10.2. The first-order valence-corrected chi connectivity index (χ1v) is 8.17. The standard InChI is InChI=1S/C15H26N4O2/c1-18-11(4-5-13(20)19-8-2-3-9-19)10-17-15(21)14-12(18)6-7-16-14/h11-12,14,16H,2-10H2,1H3,(H,17,21)/t11-,12+,14-/m0/s1. The lowest BCUT2D eigenvalue weighted by atomic mass is 10.0. The summed E-state index contributed by atoms with van der Waals surface area (Å²) in [7, 11) is 2.09. The van der Waals surface area contributed by atoms with Gasteiger partial charge in [-0.2, -0.15) is 0 Å². The highest BCUT2D eigenvalue weighted by Crippen LogP contribution is 2.21. The van der Waals surface area contributed by atoms with Crippen molar-refractivity contribution in [3.8, 4) is 0 Å². The van der Waals surface area contributed by atoms with Gasteiger partial charge in [0, 0.05) is 38.1 Å². The summed E-state index contributed by atoms with van der Waals surface area (Å²) in [6, 6.07) is 0.434. The number of nitrogens with zero attached hydrogens (tertiary/aromatic N) is 2. The van der Waals surface area contributed by atoms with Crippen molar-refractivity contribution in [1.29, 1.82) is 0 Å². The Morgan fingerprint density at radius 3 is 2.86 bits per heavy atom. The van der Waals surface area contributed by atoms with Crippen molar-refractivity contribution in [3.05, 3.63) is 0 Å². The molecule has 6 nitrogen and oxygen atoms in total. The average Bonchev–Trinajstić information content (AvgIpc) is 3.15. The topological polar surface area (TPSA) is 64.7 Å². The van der Waals surface area contributed by atoms with E-state index in [9.17, 15) is 9.59 Å². The molecule has 3 fully saturated rings. The summed E-state index contributed by atoms with van der Waals surface area (Å²) in [5, 5.41) is 6.30. The van der Waals surface area contributed by atoms with Gasteiger partial charge >= 0.3 is 0 Å². The maximum atomic E-state index is 12.2. The molecule has 2 amide bonds. The third-order valence-electron chi connectivity index (χ3n) is 5.23. The molecule has 0 spiro atoms. The van der Waals surface area contributed by atoms with Crippen molar-refractivity contribution in [2.24, 2.45) is 0 Å². The van der Waals surface area contributed by atoms with Crippen molar-refractivity contribution in [2.45, 2.75) is 50.2 Å². The van der Waals surface area contributed by atoms with E-state index >= 15 is 0 Å². The summed E-state index contributed by atoms with van der Waals surface area (Å²) in [5.41, 5.74) is 0. The Morgan fingerprint density at radius 1 is 1.33 bits per heavy atom. The van der Waals surface area contributed by atoms with Crippen molar-refractivity contribution < 1.29 is 9.59 Å². The number of likely N-dealkylation sites (N-methyl/N-ethyl adjacent to an activating group) is 1. The number of hydrogen-bond donors (Lipinski definition) is 2. The van der Waals surface area contributed by atoms with Gasteiger partial charge in [-0.1, -0.05) is 0 Å². The molecule has 0 aromatic carbocycles. The molecule has 0 aromatic rings. The Balaban J connectivity index is 1.56. The van der Waals surface area contributed by atoms with Crippen molar-refractivity contribution in [1.82, 2.24) is 20.4 Å². The third-order valence-corrected chi connectivity index (χ3v) is 5.23. The van der Waals surface area contributed by atoms with Gasteiger partial charge in [-0.15, -0.1) is 0 Å². The zero-order valence-electron chi connectivity index (χ0n) is 12.8. The van der Waals surface area contributed by atoms with E-state index < -0.39 is 0 Å². The number of carbonyl (C=O) groups is 2. The Morgan fingerprint density at radius 2 is 2.10 bits per heavy atom. The van der Waals surface area contributed by atoms with Crippen LogP contribution < -0.4 is 10.6 Å². The Bertz CT molecular complexity index is 408. The smallest absolute Gasteiger partial charge is 0.238 e. The first kappa shape index (κ1) is 14.8. The third kappa shape index (κ3) is 3.06. The summed E-state index contributed by atoms with van der Waals surface area (Å²) < 4.78 is 0. The van der Waals surface area contributed by atoms with E-state index in [1.54, 1.807) is 0 Å². The van der Waals surface area contributed by atoms with E-state index in [1.165, 1.54) is 0 Å². The Kier molecular flexibility index (Phi) is 4.45. The van der Waals surface area contributed by atoms with Crippen LogP contribution >= 0.6 is 0 Å². The number of carbonyl (C=O) groups excluding carboxylic acids is 2. The van der Waals surface area contributed by atoms with Gasteiger partial charge in [0.15, 0.2) is 0 Å². The normalized spacial score (nSPS) is 33.7. The number of hydrogen-bond acceptors (Lipinski definition) is 4. The van der Waals surface area contributed by atoms with E-state index in [1.807, 2.05) is 4.90 Å². The van der Waals surface area contributed by atoms with Crippen LogP contribution in [-0.2, 0) is 9.59 Å². The van der Waals surface area contributed by atoms with Gasteiger partial charge in [0.05, 0.1) is 0 Å². The lowest BCUT2D eigenvalue weighted by molar-refractivity contribution is -0.130. The van der Waals surface area contributed by atoms with Crippen molar-refractivity contribution >= 4 is 11.8 Å². The minimum Gasteiger partial charge on any atom is -0.353 e. The number of likely N-dealkylation sites (tertiary alicyclic amines) is 1. The molecule has 3 atom stereocenters. The lowest BCUT2D eigenvalue weighted by Gasteiger charge is -2.31. The van der Waals surface area contributed by atoms with Crippen LogP contribution in [0.1, 0.15) is 32.1 Å². The van der Waals surface area contributed by atoms with Crippen LogP contribution in [0.5, 0.6) is 0 Å². The summed E-state index contributed by atoms with van der Waals surface area (Å²) in [6.45, 7) is 3.39. The highest BCUT2D eigenvalue weighted by molar-refractivity contribution is 5.83. The Labute approximate surface area is 126 Å². The van der Waals surface area contributed by atoms with Gasteiger partial charge in [-0.25, -0.2) is 0 Å². The van der Waals surface area contributed by atoms with Crippen LogP contribution in [0.3, 0.4) is 0 Å². The van der Waals surface area contributed by atoms with Gasteiger partial charge in [-0.3, -0.25) is 14.5 Å². The molecule has 0 bridgehead atoms. The highest BCUT2D eigenvalue weighted by Gasteiger charge is 2.40. The fourth-order valence-corrected chi connectivity index (χ4v) is 3.86. The van der Waals surface area contributed by atoms with Crippen LogP contribution in [0.25, 0.3) is 0 Å². The number of nitrogens with one attached hydrogen (secondary N) is 2. The molecule has 0 aliphatic carbocycles. The maximum Gasteiger partial charge on any atom is 0.238 e. The second kappa shape index (κ2) is 6.32. The molecule has 0 saturated carbocycles. The quantitative estimate of drug-likeness (QED) is 0.740. The summed E-state index contributed by atoms with van der Waals surface area (Å²) >= 11 is 0. The van der Waals surface area contributed by atoms with E-state index in [0.717, 1.165) is 45.3 Å². The second-order valence-corrected chi connectivity index (χ2v) is 6.48. The largest absolute Gasteiger partial charge is 0.353 e. The lowest BCUT2D eigenvalue weighted by Crippen LogP contribution is -2.48. The summed E-state index contributed by atoms with van der Waals surface area (Å²) in [4.78, 5) is 28.5. The maximum absolute atomic E-state index is 12.2. The van der Waals surface area contributed by atoms with E-state index in [2.05, 4.69) is 22.6 Å². The highest BCUT2D eigenvalue weighted by atomic mass is 16.2. The van der Waals surface area contributed by atoms with Crippen LogP contribution in [0, 0.1) is 0 Å². The zero-order chi connectivity index (χ0) is 14.8. The monoisotopic (exact) mass is 294 g/mol. The summed E-state index contributed by atoms with van der Waals surface area (Å²) in [6.07, 6.45) is 4.71. The van der Waals surface area contributed by atoms with Crippen LogP contribution in [0.15, 0.2) is 0 Å². The fraction of sp³-hybridized carbons (Fsp3) is 0.867. The van der Waals surface area contributed by atoms with Gasteiger partial charge in [0.1, 0.15) is 6.04 Å². The molecule has 0 aromatic heterocycles. The molecule has 0 radical (unpaired) electrons. The van der Waals surface area contributed by atoms with Crippen molar-refractivity contribution in [2.75, 3.05) is 33.2 Å². The summed E-state index contributed by atoms with van der Waals surface area (Å²) in [5.74, 6) is 0.385. The minimum absolute atomic E-state index is 0.0886. The molecule has 3 saturated heterocycles. The van der Waals surface area contributed by atoms with Crippen molar-refractivity contribution in [3.63, 3.8) is 0 Å². The molecule has 2 N–H and O–H groups in total. The predicted octanol–water partition coefficient (Wildman–Crippen LogP) is -0.450. The minimum atomic E-state index is -0.0886. The molecule has 6 heteroatoms. The van der Waals surface area contributed by atoms with Gasteiger partial charge in [0.2, 0.25) is 11.8 Å². The predicted molar refractivity (Wildman–Crippen MR) is 79.8 cm³/mol. The molecule has 3 aliphatic heterocycles. The molecule has 21 heavy (non-hydrogen) atoms. The van der Waals surface area contributed by atoms with E-state index in [4.69, 9.17) is 0 Å². The molecular formula is C15H26N4O2. The van der Waals surface area contributed by atoms with Crippen LogP contribution in [-0.4, -0.2) is 73.0 Å². The molecule has 0 unspecified atom stereocenters. The number of fused-ring (bicyclic) bond motifs is 1. The van der Waals surface area contributed by atoms with Crippen LogP contribution in [0.2, 0.25) is 0 Å². The molecule has 118 valence electrons. The van der Waals surface area contributed by atoms with Crippen LogP contribution in [0.4, 0.5) is 0 Å². The number of rotatable bonds is 3. The van der Waals surface area contributed by atoms with Gasteiger partial charge < -0.3 is 15.5 Å². The van der Waals surface area contributed by atoms with Gasteiger partial charge in [0.25, 0.3) is 0 Å². The molecule has 3 aliphatic rings. The average molecular weight is 294 g/mol. The van der Waals surface area contributed by atoms with E-state index in [0.29, 0.717) is 13.0 Å².